The average Bonchev–Trinajstić information content (AvgIpc) is 3.11. The van der Waals surface area contributed by atoms with E-state index < -0.39 is 0 Å². The van der Waals surface area contributed by atoms with Gasteiger partial charge in [0.1, 0.15) is 17.2 Å². The lowest BCUT2D eigenvalue weighted by Crippen LogP contribution is -2.17. The van der Waals surface area contributed by atoms with Gasteiger partial charge in [-0.05, 0) is 72.8 Å². The number of nitrogens with one attached hydrogen (secondary N) is 2. The van der Waals surface area contributed by atoms with E-state index in [0.717, 1.165) is 21.8 Å². The van der Waals surface area contributed by atoms with Gasteiger partial charge >= 0.3 is 0 Å². The van der Waals surface area contributed by atoms with Crippen molar-refractivity contribution in [2.75, 3.05) is 32.0 Å². The van der Waals surface area contributed by atoms with Crippen LogP contribution in [0.5, 0.6) is 17.2 Å². The SMILES string of the molecule is COc1cc(OC)cc(C(=O)Nc2cccc3c2ccc(=O)n3C)c1.COc1ccc(C(=O)Nc2cccc3c2ccc(=O)n3C)cc1. The molecule has 0 saturated carbocycles. The van der Waals surface area contributed by atoms with Crippen LogP contribution in [0.1, 0.15) is 20.7 Å². The number of amides is 2. The number of hydrogen-bond donors (Lipinski definition) is 2. The summed E-state index contributed by atoms with van der Waals surface area (Å²) in [6, 6.07) is 29.2. The number of nitrogens with zero attached hydrogens (tertiary/aromatic N) is 2. The number of carbonyl (C=O) groups is 2. The monoisotopic (exact) mass is 646 g/mol. The van der Waals surface area contributed by atoms with Gasteiger partial charge in [0.15, 0.2) is 0 Å². The molecule has 6 rings (SSSR count). The zero-order valence-corrected chi connectivity index (χ0v) is 27.1. The van der Waals surface area contributed by atoms with Crippen molar-refractivity contribution < 1.29 is 23.8 Å². The summed E-state index contributed by atoms with van der Waals surface area (Å²) in [5.74, 6) is 1.25. The Kier molecular flexibility index (Phi) is 9.89. The van der Waals surface area contributed by atoms with Crippen LogP contribution in [-0.4, -0.2) is 42.3 Å². The summed E-state index contributed by atoms with van der Waals surface area (Å²) in [6.45, 7) is 0. The minimum atomic E-state index is -0.293. The van der Waals surface area contributed by atoms with Gasteiger partial charge in [-0.2, -0.15) is 0 Å². The third-order valence-electron chi connectivity index (χ3n) is 7.80. The molecule has 2 heterocycles. The number of methoxy groups -OCH3 is 3. The molecule has 48 heavy (non-hydrogen) atoms. The fourth-order valence-corrected chi connectivity index (χ4v) is 5.10. The maximum Gasteiger partial charge on any atom is 0.255 e. The van der Waals surface area contributed by atoms with E-state index in [2.05, 4.69) is 10.6 Å². The van der Waals surface area contributed by atoms with Gasteiger partial charge in [-0.1, -0.05) is 12.1 Å². The van der Waals surface area contributed by atoms with Gasteiger partial charge in [0, 0.05) is 54.2 Å². The number of benzene rings is 4. The van der Waals surface area contributed by atoms with Gasteiger partial charge in [0.05, 0.1) is 43.7 Å². The summed E-state index contributed by atoms with van der Waals surface area (Å²) < 4.78 is 18.6. The molecule has 2 amide bonds. The summed E-state index contributed by atoms with van der Waals surface area (Å²) in [5, 5.41) is 7.38. The van der Waals surface area contributed by atoms with Crippen LogP contribution in [0, 0.1) is 0 Å². The maximum atomic E-state index is 12.7. The van der Waals surface area contributed by atoms with Crippen molar-refractivity contribution in [3.63, 3.8) is 0 Å². The Labute approximate surface area is 275 Å². The van der Waals surface area contributed by atoms with E-state index in [1.165, 1.54) is 26.4 Å². The van der Waals surface area contributed by atoms with Crippen molar-refractivity contribution >= 4 is 45.0 Å². The Morgan fingerprint density at radius 3 is 1.40 bits per heavy atom. The first-order valence-electron chi connectivity index (χ1n) is 14.8. The third kappa shape index (κ3) is 7.05. The fourth-order valence-electron chi connectivity index (χ4n) is 5.10. The highest BCUT2D eigenvalue weighted by atomic mass is 16.5. The number of pyridine rings is 2. The van der Waals surface area contributed by atoms with Gasteiger partial charge in [0.2, 0.25) is 0 Å². The molecule has 0 aliphatic carbocycles. The van der Waals surface area contributed by atoms with Crippen LogP contribution in [0.25, 0.3) is 21.8 Å². The highest BCUT2D eigenvalue weighted by molar-refractivity contribution is 6.10. The number of fused-ring (bicyclic) bond motifs is 2. The van der Waals surface area contributed by atoms with Crippen LogP contribution in [0.2, 0.25) is 0 Å². The second kappa shape index (κ2) is 14.4. The minimum Gasteiger partial charge on any atom is -0.497 e. The molecule has 0 saturated heterocycles. The van der Waals surface area contributed by atoms with Crippen LogP contribution >= 0.6 is 0 Å². The Bertz CT molecular complexity index is 2230. The van der Waals surface area contributed by atoms with Crippen molar-refractivity contribution in [3.8, 4) is 17.2 Å². The molecule has 0 aliphatic heterocycles. The molecule has 6 aromatic rings. The summed E-state index contributed by atoms with van der Waals surface area (Å²) in [5.41, 5.74) is 3.56. The van der Waals surface area contributed by atoms with E-state index in [9.17, 15) is 19.2 Å². The van der Waals surface area contributed by atoms with Crippen LogP contribution in [0.15, 0.2) is 113 Å². The van der Waals surface area contributed by atoms with Crippen molar-refractivity contribution in [1.29, 1.82) is 0 Å². The average molecular weight is 647 g/mol. The quantitative estimate of drug-likeness (QED) is 0.231. The zero-order chi connectivity index (χ0) is 34.4. The summed E-state index contributed by atoms with van der Waals surface area (Å²) in [4.78, 5) is 48.5. The number of anilines is 2. The highest BCUT2D eigenvalue weighted by Gasteiger charge is 2.13. The van der Waals surface area contributed by atoms with E-state index in [1.54, 1.807) is 97.1 Å². The lowest BCUT2D eigenvalue weighted by Gasteiger charge is -2.12. The smallest absolute Gasteiger partial charge is 0.255 e. The second-order valence-corrected chi connectivity index (χ2v) is 10.7. The number of ether oxygens (including phenoxy) is 3. The van der Waals surface area contributed by atoms with Gasteiger partial charge in [-0.3, -0.25) is 19.2 Å². The van der Waals surface area contributed by atoms with E-state index in [4.69, 9.17) is 14.2 Å². The van der Waals surface area contributed by atoms with Gasteiger partial charge < -0.3 is 34.0 Å². The maximum absolute atomic E-state index is 12.7. The molecule has 0 aliphatic rings. The number of aryl methyl sites for hydroxylation is 2. The van der Waals surface area contributed by atoms with Crippen molar-refractivity contribution in [1.82, 2.24) is 9.13 Å². The number of hydrogen-bond acceptors (Lipinski definition) is 7. The molecule has 244 valence electrons. The lowest BCUT2D eigenvalue weighted by atomic mass is 10.1. The topological polar surface area (TPSA) is 130 Å². The van der Waals surface area contributed by atoms with Gasteiger partial charge in [-0.25, -0.2) is 0 Å². The predicted molar refractivity (Wildman–Crippen MR) is 187 cm³/mol. The van der Waals surface area contributed by atoms with Crippen molar-refractivity contribution in [2.45, 2.75) is 0 Å². The molecule has 4 aromatic carbocycles. The molecular formula is C37H34N4O7. The van der Waals surface area contributed by atoms with E-state index in [0.29, 0.717) is 39.8 Å². The molecule has 11 nitrogen and oxygen atoms in total. The Hall–Kier alpha value is -6.36. The lowest BCUT2D eigenvalue weighted by molar-refractivity contribution is 0.101. The molecule has 0 atom stereocenters. The van der Waals surface area contributed by atoms with Gasteiger partial charge in [0.25, 0.3) is 22.9 Å². The second-order valence-electron chi connectivity index (χ2n) is 10.7. The molecule has 11 heteroatoms. The minimum absolute atomic E-state index is 0.0869. The van der Waals surface area contributed by atoms with E-state index >= 15 is 0 Å². The Morgan fingerprint density at radius 2 is 0.958 bits per heavy atom. The third-order valence-corrected chi connectivity index (χ3v) is 7.80. The molecule has 0 spiro atoms. The largest absolute Gasteiger partial charge is 0.497 e. The van der Waals surface area contributed by atoms with Crippen molar-refractivity contribution in [2.24, 2.45) is 14.1 Å². The predicted octanol–water partition coefficient (Wildman–Crippen LogP) is 5.61. The van der Waals surface area contributed by atoms with Crippen LogP contribution in [0.3, 0.4) is 0 Å². The first kappa shape index (κ1) is 33.0. The molecular weight excluding hydrogens is 612 g/mol. The standard InChI is InChI=1S/C19H18N2O4.C18H16N2O3/c1-21-17-6-4-5-16(15(17)7-8-18(21)22)20-19(23)12-9-13(24-2)11-14(10-12)25-3;1-20-16-5-3-4-15(14(16)10-11-17(20)21)19-18(22)12-6-8-13(23-2)9-7-12/h4-11H,1-3H3,(H,20,23);3-11H,1-2H3,(H,19,22). The van der Waals surface area contributed by atoms with Crippen molar-refractivity contribution in [3.05, 3.63) is 135 Å². The van der Waals surface area contributed by atoms with E-state index in [1.807, 2.05) is 24.3 Å². The molecule has 2 aromatic heterocycles. The van der Waals surface area contributed by atoms with Crippen LogP contribution < -0.4 is 36.0 Å². The first-order chi connectivity index (χ1) is 23.1. The summed E-state index contributed by atoms with van der Waals surface area (Å²) >= 11 is 0. The Morgan fingerprint density at radius 1 is 0.521 bits per heavy atom. The van der Waals surface area contributed by atoms with Crippen LogP contribution in [0.4, 0.5) is 11.4 Å². The number of aromatic nitrogens is 2. The summed E-state index contributed by atoms with van der Waals surface area (Å²) in [6.07, 6.45) is 0. The van der Waals surface area contributed by atoms with E-state index in [-0.39, 0.29) is 22.9 Å². The normalized spacial score (nSPS) is 10.5. The highest BCUT2D eigenvalue weighted by Crippen LogP contribution is 2.26. The summed E-state index contributed by atoms with van der Waals surface area (Å²) in [7, 11) is 8.04. The molecule has 0 unspecified atom stereocenters. The molecule has 0 fully saturated rings. The Balaban J connectivity index is 0.000000188. The number of rotatable bonds is 7. The molecule has 0 bridgehead atoms. The molecule has 2 N–H and O–H groups in total. The van der Waals surface area contributed by atoms with Gasteiger partial charge in [-0.15, -0.1) is 0 Å². The number of carbonyl (C=O) groups excluding carboxylic acids is 2. The first-order valence-corrected chi connectivity index (χ1v) is 14.8. The molecule has 0 radical (unpaired) electrons. The van der Waals surface area contributed by atoms with Crippen LogP contribution in [-0.2, 0) is 14.1 Å². The fraction of sp³-hybridized carbons (Fsp3) is 0.135. The zero-order valence-electron chi connectivity index (χ0n) is 27.1.